The third-order valence-corrected chi connectivity index (χ3v) is 3.03. The molecule has 0 aromatic heterocycles. The highest BCUT2D eigenvalue weighted by Crippen LogP contribution is 2.36. The average Bonchev–Trinajstić information content (AvgIpc) is 2.23. The van der Waals surface area contributed by atoms with E-state index in [4.69, 9.17) is 10.8 Å². The number of rotatable bonds is 1. The summed E-state index contributed by atoms with van der Waals surface area (Å²) < 4.78 is 27.0. The minimum atomic E-state index is -1.81. The molecule has 0 fully saturated rings. The molecule has 3 N–H and O–H groups in total. The molecule has 1 aromatic carbocycles. The van der Waals surface area contributed by atoms with Gasteiger partial charge in [0.1, 0.15) is 17.2 Å². The van der Waals surface area contributed by atoms with Crippen LogP contribution >= 0.6 is 0 Å². The van der Waals surface area contributed by atoms with E-state index in [1.165, 1.54) is 0 Å². The van der Waals surface area contributed by atoms with Crippen LogP contribution < -0.4 is 5.73 Å². The van der Waals surface area contributed by atoms with E-state index in [1.54, 1.807) is 0 Å². The number of benzene rings is 1. The second kappa shape index (κ2) is 3.52. The molecular formula is C11H11F2NO2. The van der Waals surface area contributed by atoms with Gasteiger partial charge in [0.05, 0.1) is 0 Å². The van der Waals surface area contributed by atoms with E-state index in [0.717, 1.165) is 12.1 Å². The van der Waals surface area contributed by atoms with Gasteiger partial charge >= 0.3 is 5.97 Å². The third-order valence-electron chi connectivity index (χ3n) is 3.03. The van der Waals surface area contributed by atoms with Crippen molar-refractivity contribution in [3.8, 4) is 0 Å². The van der Waals surface area contributed by atoms with Crippen LogP contribution in [0.1, 0.15) is 24.0 Å². The lowest BCUT2D eigenvalue weighted by Crippen LogP contribution is -2.48. The number of carbonyl (C=O) groups is 1. The van der Waals surface area contributed by atoms with Crippen molar-refractivity contribution in [2.45, 2.75) is 24.8 Å². The van der Waals surface area contributed by atoms with Crippen LogP contribution in [0, 0.1) is 11.6 Å². The van der Waals surface area contributed by atoms with Crippen LogP contribution in [0.2, 0.25) is 0 Å². The first-order chi connectivity index (χ1) is 7.47. The molecule has 2 rings (SSSR count). The van der Waals surface area contributed by atoms with Gasteiger partial charge in [-0.2, -0.15) is 0 Å². The van der Waals surface area contributed by atoms with E-state index in [-0.39, 0.29) is 17.5 Å². The van der Waals surface area contributed by atoms with E-state index in [1.807, 2.05) is 0 Å². The summed E-state index contributed by atoms with van der Waals surface area (Å²) in [5.74, 6) is -2.66. The predicted octanol–water partition coefficient (Wildman–Crippen LogP) is 1.54. The summed E-state index contributed by atoms with van der Waals surface area (Å²) in [6.07, 6.45) is 0.886. The molecule has 0 spiro atoms. The van der Waals surface area contributed by atoms with E-state index >= 15 is 0 Å². The monoisotopic (exact) mass is 227 g/mol. The van der Waals surface area contributed by atoms with Crippen LogP contribution in [0.3, 0.4) is 0 Å². The number of carboxylic acids is 1. The van der Waals surface area contributed by atoms with Gasteiger partial charge in [-0.25, -0.2) is 13.6 Å². The Hall–Kier alpha value is -1.49. The van der Waals surface area contributed by atoms with Gasteiger partial charge in [-0.15, -0.1) is 0 Å². The van der Waals surface area contributed by atoms with Crippen LogP contribution in [0.4, 0.5) is 8.78 Å². The Morgan fingerprint density at radius 1 is 1.38 bits per heavy atom. The lowest BCUT2D eigenvalue weighted by Gasteiger charge is -2.32. The normalized spacial score (nSPS) is 23.9. The molecule has 0 bridgehead atoms. The van der Waals surface area contributed by atoms with Gasteiger partial charge in [-0.3, -0.25) is 0 Å². The number of aliphatic carboxylic acids is 1. The first-order valence-corrected chi connectivity index (χ1v) is 4.96. The third kappa shape index (κ3) is 1.39. The summed E-state index contributed by atoms with van der Waals surface area (Å²) in [5.41, 5.74) is 3.76. The molecule has 1 aliphatic carbocycles. The number of hydrogen-bond donors (Lipinski definition) is 2. The molecule has 0 saturated heterocycles. The fourth-order valence-electron chi connectivity index (χ4n) is 2.20. The molecule has 0 saturated carbocycles. The maximum absolute atomic E-state index is 13.6. The Morgan fingerprint density at radius 3 is 2.62 bits per heavy atom. The minimum Gasteiger partial charge on any atom is -0.480 e. The molecule has 0 radical (unpaired) electrons. The molecule has 3 nitrogen and oxygen atoms in total. The van der Waals surface area contributed by atoms with Crippen LogP contribution in [-0.4, -0.2) is 11.1 Å². The zero-order valence-electron chi connectivity index (χ0n) is 8.46. The number of fused-ring (bicyclic) bond motifs is 1. The molecule has 86 valence electrons. The molecule has 0 heterocycles. The van der Waals surface area contributed by atoms with Gasteiger partial charge in [0.15, 0.2) is 0 Å². The lowest BCUT2D eigenvalue weighted by molar-refractivity contribution is -0.144. The summed E-state index contributed by atoms with van der Waals surface area (Å²) >= 11 is 0. The SMILES string of the molecule is NC1(C(=O)O)CCCc2c(F)ccc(F)c21. The molecule has 1 atom stereocenters. The summed E-state index contributed by atoms with van der Waals surface area (Å²) in [7, 11) is 0. The lowest BCUT2D eigenvalue weighted by atomic mass is 9.76. The summed E-state index contributed by atoms with van der Waals surface area (Å²) in [6, 6.07) is 1.92. The van der Waals surface area contributed by atoms with Crippen LogP contribution in [-0.2, 0) is 16.8 Å². The first kappa shape index (κ1) is 11.0. The minimum absolute atomic E-state index is 0.0937. The fraction of sp³-hybridized carbons (Fsp3) is 0.364. The Labute approximate surface area is 90.9 Å². The summed E-state index contributed by atoms with van der Waals surface area (Å²) in [6.45, 7) is 0. The number of nitrogens with two attached hydrogens (primary N) is 1. The average molecular weight is 227 g/mol. The molecule has 0 aliphatic heterocycles. The van der Waals surface area contributed by atoms with Crippen LogP contribution in [0.15, 0.2) is 12.1 Å². The van der Waals surface area contributed by atoms with E-state index in [0.29, 0.717) is 12.8 Å². The van der Waals surface area contributed by atoms with Gasteiger partial charge in [0.2, 0.25) is 0 Å². The van der Waals surface area contributed by atoms with E-state index < -0.39 is 23.1 Å². The Kier molecular flexibility index (Phi) is 2.42. The molecule has 16 heavy (non-hydrogen) atoms. The Balaban J connectivity index is 2.71. The molecule has 1 aromatic rings. The second-order valence-electron chi connectivity index (χ2n) is 4.01. The van der Waals surface area contributed by atoms with Crippen LogP contribution in [0.25, 0.3) is 0 Å². The fourth-order valence-corrected chi connectivity index (χ4v) is 2.20. The maximum atomic E-state index is 13.6. The second-order valence-corrected chi connectivity index (χ2v) is 4.01. The highest BCUT2D eigenvalue weighted by atomic mass is 19.1. The van der Waals surface area contributed by atoms with Crippen molar-refractivity contribution in [1.82, 2.24) is 0 Å². The van der Waals surface area contributed by atoms with Gasteiger partial charge in [-0.05, 0) is 37.0 Å². The molecule has 5 heteroatoms. The van der Waals surface area contributed by atoms with Gasteiger partial charge in [-0.1, -0.05) is 0 Å². The van der Waals surface area contributed by atoms with Gasteiger partial charge < -0.3 is 10.8 Å². The highest BCUT2D eigenvalue weighted by molar-refractivity contribution is 5.81. The number of hydrogen-bond acceptors (Lipinski definition) is 2. The topological polar surface area (TPSA) is 63.3 Å². The van der Waals surface area contributed by atoms with Crippen molar-refractivity contribution in [3.63, 3.8) is 0 Å². The Bertz CT molecular complexity index is 462. The summed E-state index contributed by atoms with van der Waals surface area (Å²) in [4.78, 5) is 11.1. The van der Waals surface area contributed by atoms with Crippen molar-refractivity contribution in [2.75, 3.05) is 0 Å². The zero-order valence-corrected chi connectivity index (χ0v) is 8.46. The van der Waals surface area contributed by atoms with Crippen molar-refractivity contribution in [3.05, 3.63) is 34.9 Å². The smallest absolute Gasteiger partial charge is 0.328 e. The van der Waals surface area contributed by atoms with Crippen molar-refractivity contribution in [2.24, 2.45) is 5.73 Å². The highest BCUT2D eigenvalue weighted by Gasteiger charge is 2.43. The molecule has 1 aliphatic rings. The number of halogens is 2. The van der Waals surface area contributed by atoms with Crippen molar-refractivity contribution < 1.29 is 18.7 Å². The molecular weight excluding hydrogens is 216 g/mol. The van der Waals surface area contributed by atoms with Gasteiger partial charge in [0, 0.05) is 5.56 Å². The zero-order chi connectivity index (χ0) is 11.9. The number of carboxylic acid groups (broad SMARTS) is 1. The van der Waals surface area contributed by atoms with Gasteiger partial charge in [0.25, 0.3) is 0 Å². The molecule has 1 unspecified atom stereocenters. The van der Waals surface area contributed by atoms with Crippen LogP contribution in [0.5, 0.6) is 0 Å². The standard InChI is InChI=1S/C11H11F2NO2/c12-7-3-4-8(13)9-6(7)2-1-5-11(9,14)10(15)16/h3-4H,1-2,5,14H2,(H,15,16). The van der Waals surface area contributed by atoms with E-state index in [9.17, 15) is 13.6 Å². The molecule has 0 amide bonds. The Morgan fingerprint density at radius 2 is 2.00 bits per heavy atom. The summed E-state index contributed by atoms with van der Waals surface area (Å²) in [5, 5.41) is 9.05. The largest absolute Gasteiger partial charge is 0.480 e. The van der Waals surface area contributed by atoms with Crippen molar-refractivity contribution >= 4 is 5.97 Å². The maximum Gasteiger partial charge on any atom is 0.328 e. The van der Waals surface area contributed by atoms with E-state index in [2.05, 4.69) is 0 Å². The van der Waals surface area contributed by atoms with Crippen molar-refractivity contribution in [1.29, 1.82) is 0 Å². The first-order valence-electron chi connectivity index (χ1n) is 4.96. The predicted molar refractivity (Wildman–Crippen MR) is 52.8 cm³/mol. The quantitative estimate of drug-likeness (QED) is 0.764.